The third-order valence-electron chi connectivity index (χ3n) is 6.04. The lowest BCUT2D eigenvalue weighted by Crippen LogP contribution is -2.44. The van der Waals surface area contributed by atoms with Gasteiger partial charge in [-0.15, -0.1) is 0 Å². The molecule has 1 unspecified atom stereocenters. The van der Waals surface area contributed by atoms with E-state index >= 15 is 0 Å². The Labute approximate surface area is 217 Å². The summed E-state index contributed by atoms with van der Waals surface area (Å²) < 4.78 is 28.7. The summed E-state index contributed by atoms with van der Waals surface area (Å²) in [6, 6.07) is 20.2. The number of benzene rings is 3. The second-order valence-electron chi connectivity index (χ2n) is 8.58. The van der Waals surface area contributed by atoms with Gasteiger partial charge in [0.1, 0.15) is 0 Å². The molecular weight excluding hydrogens is 500 g/mol. The highest BCUT2D eigenvalue weighted by Gasteiger charge is 2.21. The van der Waals surface area contributed by atoms with Crippen molar-refractivity contribution in [2.24, 2.45) is 0 Å². The Hall–Kier alpha value is -2.75. The molecule has 0 spiro atoms. The fraction of sp³-hybridized carbons (Fsp3) is 0.296. The smallest absolute Gasteiger partial charge is 0.251 e. The van der Waals surface area contributed by atoms with Gasteiger partial charge in [0.05, 0.1) is 23.6 Å². The van der Waals surface area contributed by atoms with E-state index in [1.807, 2.05) is 37.3 Å². The van der Waals surface area contributed by atoms with E-state index in [0.29, 0.717) is 16.1 Å². The number of aliphatic hydroxyl groups excluding tert-OH is 2. The highest BCUT2D eigenvalue weighted by Crippen LogP contribution is 2.34. The van der Waals surface area contributed by atoms with Crippen LogP contribution < -0.4 is 10.0 Å². The van der Waals surface area contributed by atoms with E-state index in [4.69, 9.17) is 11.6 Å². The Morgan fingerprint density at radius 3 is 2.28 bits per heavy atom. The van der Waals surface area contributed by atoms with Gasteiger partial charge in [-0.3, -0.25) is 4.79 Å². The summed E-state index contributed by atoms with van der Waals surface area (Å²) >= 11 is 6.47. The van der Waals surface area contributed by atoms with Crippen LogP contribution in [0.1, 0.15) is 53.2 Å². The van der Waals surface area contributed by atoms with Crippen molar-refractivity contribution in [3.63, 3.8) is 0 Å². The maximum absolute atomic E-state index is 13.0. The summed E-state index contributed by atoms with van der Waals surface area (Å²) in [4.78, 5) is 12.4. The predicted molar refractivity (Wildman–Crippen MR) is 141 cm³/mol. The van der Waals surface area contributed by atoms with Crippen molar-refractivity contribution in [1.82, 2.24) is 10.0 Å². The number of sulfonamides is 1. The molecule has 1 amide bonds. The van der Waals surface area contributed by atoms with Crippen molar-refractivity contribution < 1.29 is 23.4 Å². The Morgan fingerprint density at radius 1 is 1.03 bits per heavy atom. The summed E-state index contributed by atoms with van der Waals surface area (Å²) in [5.74, 6) is -0.480. The molecule has 3 atom stereocenters. The summed E-state index contributed by atoms with van der Waals surface area (Å²) in [5, 5.41) is 21.9. The first-order chi connectivity index (χ1) is 17.2. The van der Waals surface area contributed by atoms with Gasteiger partial charge < -0.3 is 15.5 Å². The van der Waals surface area contributed by atoms with Crippen LogP contribution in [0.4, 0.5) is 0 Å². The molecule has 7 nitrogen and oxygen atoms in total. The maximum Gasteiger partial charge on any atom is 0.251 e. The lowest BCUT2D eigenvalue weighted by Gasteiger charge is -2.19. The molecule has 0 saturated heterocycles. The van der Waals surface area contributed by atoms with Gasteiger partial charge in [0.25, 0.3) is 5.91 Å². The van der Waals surface area contributed by atoms with Crippen LogP contribution in [0.2, 0.25) is 5.02 Å². The molecule has 0 aliphatic carbocycles. The molecule has 3 aromatic rings. The van der Waals surface area contributed by atoms with Crippen LogP contribution >= 0.6 is 11.6 Å². The first-order valence-electron chi connectivity index (χ1n) is 11.7. The van der Waals surface area contributed by atoms with Crippen molar-refractivity contribution in [2.45, 2.75) is 49.8 Å². The van der Waals surface area contributed by atoms with Crippen LogP contribution in [0.3, 0.4) is 0 Å². The number of hydrogen-bond acceptors (Lipinski definition) is 5. The topological polar surface area (TPSA) is 116 Å². The van der Waals surface area contributed by atoms with Crippen LogP contribution in [-0.2, 0) is 16.6 Å². The van der Waals surface area contributed by atoms with Crippen LogP contribution in [-0.4, -0.2) is 43.3 Å². The summed E-state index contributed by atoms with van der Waals surface area (Å²) in [6.45, 7) is 3.15. The standard InChI is InChI=1S/C27H31ClN2O5S/c1-3-23(20-7-5-4-6-8-20)24-15-22(13-14-25(24)28)36(34,35)29-16-19-9-11-21(12-10-19)27(33)30-26(17-31)18(2)32/h4-15,18,23,26,29,31-32H,3,16-17H2,1-2H3,(H,30,33)/t18-,23?,26-/m1/s1. The minimum Gasteiger partial charge on any atom is -0.394 e. The predicted octanol–water partition coefficient (Wildman–Crippen LogP) is 3.83. The zero-order chi connectivity index (χ0) is 26.3. The molecule has 0 heterocycles. The first kappa shape index (κ1) is 27.8. The van der Waals surface area contributed by atoms with Crippen molar-refractivity contribution >= 4 is 27.5 Å². The molecule has 3 rings (SSSR count). The number of aliphatic hydroxyl groups is 2. The number of nitrogens with one attached hydrogen (secondary N) is 2. The normalized spacial score (nSPS) is 14.1. The maximum atomic E-state index is 13.0. The fourth-order valence-corrected chi connectivity index (χ4v) is 5.18. The molecule has 0 radical (unpaired) electrons. The highest BCUT2D eigenvalue weighted by atomic mass is 35.5. The van der Waals surface area contributed by atoms with Gasteiger partial charge in [0.2, 0.25) is 10.0 Å². The van der Waals surface area contributed by atoms with Gasteiger partial charge in [-0.2, -0.15) is 0 Å². The van der Waals surface area contributed by atoms with E-state index in [0.717, 1.165) is 17.5 Å². The number of hydrogen-bond donors (Lipinski definition) is 4. The minimum absolute atomic E-state index is 0.0328. The van der Waals surface area contributed by atoms with Gasteiger partial charge in [-0.05, 0) is 60.4 Å². The van der Waals surface area contributed by atoms with E-state index in [1.165, 1.54) is 13.0 Å². The van der Waals surface area contributed by atoms with Crippen LogP contribution in [0, 0.1) is 0 Å². The fourth-order valence-electron chi connectivity index (χ4n) is 3.88. The lowest BCUT2D eigenvalue weighted by molar-refractivity contribution is 0.0758. The molecule has 0 fully saturated rings. The third kappa shape index (κ3) is 6.93. The highest BCUT2D eigenvalue weighted by molar-refractivity contribution is 7.89. The molecule has 4 N–H and O–H groups in total. The number of carbonyl (C=O) groups is 1. The molecular formula is C27H31ClN2O5S. The molecule has 0 aliphatic rings. The monoisotopic (exact) mass is 530 g/mol. The molecule has 3 aromatic carbocycles. The van der Waals surface area contributed by atoms with E-state index in [1.54, 1.807) is 36.4 Å². The third-order valence-corrected chi connectivity index (χ3v) is 7.78. The Kier molecular flexibility index (Phi) is 9.64. The zero-order valence-corrected chi connectivity index (χ0v) is 21.8. The summed E-state index contributed by atoms with van der Waals surface area (Å²) in [7, 11) is -3.82. The summed E-state index contributed by atoms with van der Waals surface area (Å²) in [5.41, 5.74) is 2.80. The quantitative estimate of drug-likeness (QED) is 0.301. The number of halogens is 1. The second kappa shape index (κ2) is 12.5. The number of amides is 1. The van der Waals surface area contributed by atoms with Crippen LogP contribution in [0.25, 0.3) is 0 Å². The van der Waals surface area contributed by atoms with E-state index in [2.05, 4.69) is 10.0 Å². The van der Waals surface area contributed by atoms with Crippen LogP contribution in [0.5, 0.6) is 0 Å². The van der Waals surface area contributed by atoms with Gasteiger partial charge in [0.15, 0.2) is 0 Å². The molecule has 9 heteroatoms. The van der Waals surface area contributed by atoms with Gasteiger partial charge in [0, 0.05) is 23.0 Å². The second-order valence-corrected chi connectivity index (χ2v) is 10.8. The van der Waals surface area contributed by atoms with Crippen LogP contribution in [0.15, 0.2) is 77.7 Å². The average molecular weight is 531 g/mol. The van der Waals surface area contributed by atoms with Crippen molar-refractivity contribution in [2.75, 3.05) is 6.61 Å². The first-order valence-corrected chi connectivity index (χ1v) is 13.5. The average Bonchev–Trinajstić information content (AvgIpc) is 2.88. The Morgan fingerprint density at radius 2 is 1.69 bits per heavy atom. The van der Waals surface area contributed by atoms with E-state index in [-0.39, 0.29) is 24.0 Å². The summed E-state index contributed by atoms with van der Waals surface area (Å²) in [6.07, 6.45) is -0.141. The minimum atomic E-state index is -3.82. The van der Waals surface area contributed by atoms with Gasteiger partial charge >= 0.3 is 0 Å². The molecule has 36 heavy (non-hydrogen) atoms. The zero-order valence-electron chi connectivity index (χ0n) is 20.2. The van der Waals surface area contributed by atoms with Crippen molar-refractivity contribution in [1.29, 1.82) is 0 Å². The Bertz CT molecular complexity index is 1270. The molecule has 0 saturated carbocycles. The number of carbonyl (C=O) groups excluding carboxylic acids is 1. The van der Waals surface area contributed by atoms with E-state index in [9.17, 15) is 23.4 Å². The van der Waals surface area contributed by atoms with Gasteiger partial charge in [-0.25, -0.2) is 13.1 Å². The molecule has 0 aliphatic heterocycles. The largest absolute Gasteiger partial charge is 0.394 e. The SMILES string of the molecule is CCC(c1ccccc1)c1cc(S(=O)(=O)NCc2ccc(C(=O)N[C@H](CO)[C@@H](C)O)cc2)ccc1Cl. The Balaban J connectivity index is 1.72. The molecule has 0 aromatic heterocycles. The van der Waals surface area contributed by atoms with E-state index < -0.39 is 28.1 Å². The molecule has 0 bridgehead atoms. The molecule has 192 valence electrons. The van der Waals surface area contributed by atoms with Crippen molar-refractivity contribution in [3.05, 3.63) is 100 Å². The van der Waals surface area contributed by atoms with Gasteiger partial charge in [-0.1, -0.05) is 61.0 Å². The van der Waals surface area contributed by atoms with Crippen molar-refractivity contribution in [3.8, 4) is 0 Å². The number of rotatable bonds is 11. The lowest BCUT2D eigenvalue weighted by atomic mass is 9.89.